The third-order valence-electron chi connectivity index (χ3n) is 1.59. The molecule has 0 unspecified atom stereocenters. The smallest absolute Gasteiger partial charge is 0.138 e. The molecular weight excluding hydrogens is 171 g/mol. The van der Waals surface area contributed by atoms with Crippen LogP contribution in [0.1, 0.15) is 19.7 Å². The van der Waals surface area contributed by atoms with Gasteiger partial charge in [0.05, 0.1) is 6.54 Å². The van der Waals surface area contributed by atoms with Crippen molar-refractivity contribution in [1.82, 2.24) is 14.8 Å². The molecule has 0 radical (unpaired) electrons. The Morgan fingerprint density at radius 1 is 1.62 bits per heavy atom. The minimum Gasteiger partial charge on any atom is -0.330 e. The summed E-state index contributed by atoms with van der Waals surface area (Å²) in [5.41, 5.74) is 4.11. The second-order valence-electron chi connectivity index (χ2n) is 3.59. The van der Waals surface area contributed by atoms with Gasteiger partial charge in [-0.15, -0.1) is 0 Å². The van der Waals surface area contributed by atoms with Gasteiger partial charge in [-0.1, -0.05) is 0 Å². The summed E-state index contributed by atoms with van der Waals surface area (Å²) >= 11 is 0. The van der Waals surface area contributed by atoms with Crippen molar-refractivity contribution in [3.05, 3.63) is 12.2 Å². The van der Waals surface area contributed by atoms with E-state index in [9.17, 15) is 4.39 Å². The number of rotatable bonds is 4. The first-order valence-electron chi connectivity index (χ1n) is 4.28. The zero-order valence-electron chi connectivity index (χ0n) is 8.00. The average Bonchev–Trinajstić information content (AvgIpc) is 2.34. The predicted molar refractivity (Wildman–Crippen MR) is 48.0 cm³/mol. The Morgan fingerprint density at radius 3 is 2.85 bits per heavy atom. The molecule has 4 nitrogen and oxygen atoms in total. The second-order valence-corrected chi connectivity index (χ2v) is 3.59. The molecule has 13 heavy (non-hydrogen) atoms. The monoisotopic (exact) mass is 186 g/mol. The molecule has 0 aliphatic heterocycles. The summed E-state index contributed by atoms with van der Waals surface area (Å²) in [6.07, 6.45) is 2.06. The molecule has 0 aromatic carbocycles. The van der Waals surface area contributed by atoms with Crippen molar-refractivity contribution in [2.24, 2.45) is 5.73 Å². The molecule has 74 valence electrons. The zero-order chi connectivity index (χ0) is 9.90. The van der Waals surface area contributed by atoms with E-state index >= 15 is 0 Å². The summed E-state index contributed by atoms with van der Waals surface area (Å²) in [6.45, 7) is 3.76. The summed E-state index contributed by atoms with van der Waals surface area (Å²) < 4.78 is 14.8. The van der Waals surface area contributed by atoms with E-state index in [1.54, 1.807) is 4.68 Å². The van der Waals surface area contributed by atoms with Crippen LogP contribution in [0.15, 0.2) is 6.33 Å². The first kappa shape index (κ1) is 10.1. The first-order valence-corrected chi connectivity index (χ1v) is 4.28. The number of alkyl halides is 1. The van der Waals surface area contributed by atoms with Gasteiger partial charge in [-0.3, -0.25) is 0 Å². The van der Waals surface area contributed by atoms with E-state index in [4.69, 9.17) is 5.73 Å². The van der Waals surface area contributed by atoms with Gasteiger partial charge in [0.15, 0.2) is 0 Å². The summed E-state index contributed by atoms with van der Waals surface area (Å²) in [6, 6.07) is 0. The highest BCUT2D eigenvalue weighted by Gasteiger charge is 2.18. The van der Waals surface area contributed by atoms with Crippen LogP contribution in [0, 0.1) is 0 Å². The van der Waals surface area contributed by atoms with Crippen molar-refractivity contribution in [1.29, 1.82) is 0 Å². The number of aromatic nitrogens is 3. The Kier molecular flexibility index (Phi) is 2.98. The van der Waals surface area contributed by atoms with Crippen LogP contribution >= 0.6 is 0 Å². The molecule has 0 amide bonds. The number of nitrogens with zero attached hydrogens (tertiary/aromatic N) is 3. The van der Waals surface area contributed by atoms with Gasteiger partial charge in [0, 0.05) is 6.42 Å². The molecular formula is C8H15FN4. The summed E-state index contributed by atoms with van der Waals surface area (Å²) in [5.74, 6) is 0.744. The standard InChI is InChI=1S/C8H15FN4/c1-8(2,9)5-13-7(3-4-10)11-6-12-13/h6H,3-5,10H2,1-2H3. The lowest BCUT2D eigenvalue weighted by atomic mass is 10.2. The highest BCUT2D eigenvalue weighted by molar-refractivity contribution is 4.86. The summed E-state index contributed by atoms with van der Waals surface area (Å²) in [7, 11) is 0. The minimum absolute atomic E-state index is 0.225. The molecule has 1 rings (SSSR count). The average molecular weight is 186 g/mol. The van der Waals surface area contributed by atoms with E-state index in [2.05, 4.69) is 10.1 Å². The van der Waals surface area contributed by atoms with Crippen molar-refractivity contribution >= 4 is 0 Å². The maximum absolute atomic E-state index is 13.3. The quantitative estimate of drug-likeness (QED) is 0.746. The van der Waals surface area contributed by atoms with Crippen molar-refractivity contribution in [3.8, 4) is 0 Å². The van der Waals surface area contributed by atoms with Crippen LogP contribution < -0.4 is 5.73 Å². The maximum atomic E-state index is 13.3. The molecule has 0 saturated carbocycles. The van der Waals surface area contributed by atoms with E-state index in [1.807, 2.05) is 0 Å². The van der Waals surface area contributed by atoms with Crippen LogP contribution in [0.25, 0.3) is 0 Å². The third kappa shape index (κ3) is 3.10. The van der Waals surface area contributed by atoms with E-state index in [1.165, 1.54) is 20.2 Å². The normalized spacial score (nSPS) is 12.0. The third-order valence-corrected chi connectivity index (χ3v) is 1.59. The van der Waals surface area contributed by atoms with Gasteiger partial charge in [-0.25, -0.2) is 14.1 Å². The largest absolute Gasteiger partial charge is 0.330 e. The lowest BCUT2D eigenvalue weighted by Crippen LogP contribution is -2.24. The topological polar surface area (TPSA) is 56.7 Å². The number of nitrogens with two attached hydrogens (primary N) is 1. The molecule has 1 aromatic rings. The lowest BCUT2D eigenvalue weighted by molar-refractivity contribution is 0.177. The number of hydrogen-bond acceptors (Lipinski definition) is 3. The minimum atomic E-state index is -1.27. The Bertz CT molecular complexity index is 263. The molecule has 0 aliphatic carbocycles. The lowest BCUT2D eigenvalue weighted by Gasteiger charge is -2.14. The summed E-state index contributed by atoms with van der Waals surface area (Å²) in [5, 5.41) is 3.93. The fourth-order valence-electron chi connectivity index (χ4n) is 1.10. The highest BCUT2D eigenvalue weighted by atomic mass is 19.1. The Labute approximate surface area is 77.0 Å². The molecule has 0 saturated heterocycles. The van der Waals surface area contributed by atoms with Crippen molar-refractivity contribution in [2.45, 2.75) is 32.5 Å². The van der Waals surface area contributed by atoms with E-state index in [0.29, 0.717) is 13.0 Å². The second kappa shape index (κ2) is 3.83. The van der Waals surface area contributed by atoms with Crippen LogP contribution in [-0.2, 0) is 13.0 Å². The SMILES string of the molecule is CC(C)(F)Cn1ncnc1CCN. The van der Waals surface area contributed by atoms with Gasteiger partial charge in [-0.05, 0) is 20.4 Å². The first-order chi connectivity index (χ1) is 6.03. The number of halogens is 1. The van der Waals surface area contributed by atoms with Gasteiger partial charge in [0.1, 0.15) is 17.8 Å². The number of hydrogen-bond donors (Lipinski definition) is 1. The van der Waals surface area contributed by atoms with Crippen LogP contribution in [0.3, 0.4) is 0 Å². The predicted octanol–water partition coefficient (Wildman–Crippen LogP) is 0.527. The fraction of sp³-hybridized carbons (Fsp3) is 0.750. The van der Waals surface area contributed by atoms with E-state index in [0.717, 1.165) is 5.82 Å². The van der Waals surface area contributed by atoms with E-state index in [-0.39, 0.29) is 6.54 Å². The molecule has 0 atom stereocenters. The Morgan fingerprint density at radius 2 is 2.31 bits per heavy atom. The molecule has 1 aromatic heterocycles. The Hall–Kier alpha value is -0.970. The van der Waals surface area contributed by atoms with E-state index < -0.39 is 5.67 Å². The molecule has 0 spiro atoms. The zero-order valence-corrected chi connectivity index (χ0v) is 8.00. The Balaban J connectivity index is 2.70. The maximum Gasteiger partial charge on any atom is 0.138 e. The van der Waals surface area contributed by atoms with Crippen molar-refractivity contribution < 1.29 is 4.39 Å². The van der Waals surface area contributed by atoms with Crippen LogP contribution in [-0.4, -0.2) is 27.0 Å². The van der Waals surface area contributed by atoms with Crippen LogP contribution in [0.4, 0.5) is 4.39 Å². The van der Waals surface area contributed by atoms with Crippen molar-refractivity contribution in [2.75, 3.05) is 6.54 Å². The summed E-state index contributed by atoms with van der Waals surface area (Å²) in [4.78, 5) is 4.00. The molecule has 0 fully saturated rings. The van der Waals surface area contributed by atoms with Gasteiger partial charge in [0.2, 0.25) is 0 Å². The van der Waals surface area contributed by atoms with Gasteiger partial charge in [0.25, 0.3) is 0 Å². The van der Waals surface area contributed by atoms with Gasteiger partial charge >= 0.3 is 0 Å². The molecule has 2 N–H and O–H groups in total. The van der Waals surface area contributed by atoms with Gasteiger partial charge < -0.3 is 5.73 Å². The molecule has 5 heteroatoms. The van der Waals surface area contributed by atoms with Crippen LogP contribution in [0.2, 0.25) is 0 Å². The van der Waals surface area contributed by atoms with Crippen LogP contribution in [0.5, 0.6) is 0 Å². The van der Waals surface area contributed by atoms with Crippen molar-refractivity contribution in [3.63, 3.8) is 0 Å². The molecule has 0 bridgehead atoms. The fourth-order valence-corrected chi connectivity index (χ4v) is 1.10. The van der Waals surface area contributed by atoms with Gasteiger partial charge in [-0.2, -0.15) is 5.10 Å². The molecule has 1 heterocycles. The molecule has 0 aliphatic rings. The highest BCUT2D eigenvalue weighted by Crippen LogP contribution is 2.11.